The predicted octanol–water partition coefficient (Wildman–Crippen LogP) is 1.64. The van der Waals surface area contributed by atoms with Crippen LogP contribution >= 0.6 is 0 Å². The van der Waals surface area contributed by atoms with Crippen molar-refractivity contribution in [3.63, 3.8) is 0 Å². The molecule has 0 saturated carbocycles. The highest BCUT2D eigenvalue weighted by atomic mass is 19.1. The monoisotopic (exact) mass is 344 g/mol. The van der Waals surface area contributed by atoms with E-state index < -0.39 is 11.7 Å². The van der Waals surface area contributed by atoms with E-state index in [1.807, 2.05) is 18.2 Å². The van der Waals surface area contributed by atoms with E-state index in [0.29, 0.717) is 24.5 Å². The maximum absolute atomic E-state index is 13.5. The molecule has 0 unspecified atom stereocenters. The van der Waals surface area contributed by atoms with Gasteiger partial charge in [0.1, 0.15) is 5.82 Å². The topological polar surface area (TPSA) is 76.7 Å². The number of carbonyl (C=O) groups excluding carboxylic acids is 2. The van der Waals surface area contributed by atoms with E-state index in [1.165, 1.54) is 18.2 Å². The van der Waals surface area contributed by atoms with Gasteiger partial charge in [-0.2, -0.15) is 0 Å². The first kappa shape index (κ1) is 16.8. The summed E-state index contributed by atoms with van der Waals surface area (Å²) in [5.74, 6) is -0.178. The van der Waals surface area contributed by atoms with Gasteiger partial charge < -0.3 is 20.1 Å². The highest BCUT2D eigenvalue weighted by molar-refractivity contribution is 5.96. The molecule has 0 saturated heterocycles. The third kappa shape index (κ3) is 4.26. The smallest absolute Gasteiger partial charge is 0.254 e. The summed E-state index contributed by atoms with van der Waals surface area (Å²) in [5, 5.41) is 5.10. The number of fused-ring (bicyclic) bond motifs is 1. The number of benzene rings is 2. The zero-order valence-electron chi connectivity index (χ0n) is 13.4. The second kappa shape index (κ2) is 7.65. The summed E-state index contributed by atoms with van der Waals surface area (Å²) in [5.41, 5.74) is 0.913. The Hall–Kier alpha value is -3.09. The SMILES string of the molecule is O=C(CNC(=O)c1ccccc1F)NCCc1ccc2c(c1)OCO2. The van der Waals surface area contributed by atoms with Gasteiger partial charge in [0.25, 0.3) is 5.91 Å². The summed E-state index contributed by atoms with van der Waals surface area (Å²) < 4.78 is 24.0. The minimum Gasteiger partial charge on any atom is -0.454 e. The highest BCUT2D eigenvalue weighted by Gasteiger charge is 2.14. The molecule has 2 N–H and O–H groups in total. The fourth-order valence-electron chi connectivity index (χ4n) is 2.41. The van der Waals surface area contributed by atoms with E-state index in [0.717, 1.165) is 5.56 Å². The molecule has 0 bridgehead atoms. The van der Waals surface area contributed by atoms with Gasteiger partial charge in [-0.3, -0.25) is 9.59 Å². The van der Waals surface area contributed by atoms with E-state index in [1.54, 1.807) is 6.07 Å². The summed E-state index contributed by atoms with van der Waals surface area (Å²) >= 11 is 0. The Morgan fingerprint density at radius 1 is 1.04 bits per heavy atom. The first-order valence-electron chi connectivity index (χ1n) is 7.81. The molecule has 0 aliphatic carbocycles. The van der Waals surface area contributed by atoms with Crippen molar-refractivity contribution in [3.8, 4) is 11.5 Å². The number of carbonyl (C=O) groups is 2. The molecule has 2 amide bonds. The average molecular weight is 344 g/mol. The van der Waals surface area contributed by atoms with Crippen molar-refractivity contribution in [3.05, 3.63) is 59.4 Å². The van der Waals surface area contributed by atoms with Crippen LogP contribution in [0.2, 0.25) is 0 Å². The van der Waals surface area contributed by atoms with Gasteiger partial charge in [0.05, 0.1) is 12.1 Å². The molecule has 0 spiro atoms. The van der Waals surface area contributed by atoms with Gasteiger partial charge in [-0.25, -0.2) is 4.39 Å². The molecule has 6 nitrogen and oxygen atoms in total. The van der Waals surface area contributed by atoms with Crippen molar-refractivity contribution in [2.75, 3.05) is 19.9 Å². The van der Waals surface area contributed by atoms with Crippen LogP contribution in [0.5, 0.6) is 11.5 Å². The Bertz CT molecular complexity index is 794. The summed E-state index contributed by atoms with van der Waals surface area (Å²) in [4.78, 5) is 23.6. The molecular weight excluding hydrogens is 327 g/mol. The Labute approximate surface area is 143 Å². The molecule has 7 heteroatoms. The lowest BCUT2D eigenvalue weighted by Gasteiger charge is -2.08. The van der Waals surface area contributed by atoms with Crippen LogP contribution in [0.1, 0.15) is 15.9 Å². The van der Waals surface area contributed by atoms with Crippen LogP contribution in [-0.2, 0) is 11.2 Å². The Morgan fingerprint density at radius 3 is 2.68 bits per heavy atom. The van der Waals surface area contributed by atoms with Crippen LogP contribution in [0.3, 0.4) is 0 Å². The van der Waals surface area contributed by atoms with Crippen LogP contribution < -0.4 is 20.1 Å². The van der Waals surface area contributed by atoms with E-state index in [4.69, 9.17) is 9.47 Å². The fourth-order valence-corrected chi connectivity index (χ4v) is 2.41. The van der Waals surface area contributed by atoms with Gasteiger partial charge in [0.2, 0.25) is 12.7 Å². The zero-order valence-corrected chi connectivity index (χ0v) is 13.4. The maximum atomic E-state index is 13.5. The van der Waals surface area contributed by atoms with Crippen molar-refractivity contribution in [1.29, 1.82) is 0 Å². The molecule has 3 rings (SSSR count). The zero-order chi connectivity index (χ0) is 17.6. The number of hydrogen-bond donors (Lipinski definition) is 2. The van der Waals surface area contributed by atoms with Gasteiger partial charge in [-0.05, 0) is 36.2 Å². The number of rotatable bonds is 6. The third-order valence-corrected chi connectivity index (χ3v) is 3.70. The number of halogens is 1. The molecule has 0 aromatic heterocycles. The molecule has 130 valence electrons. The van der Waals surface area contributed by atoms with Crippen molar-refractivity contribution < 1.29 is 23.5 Å². The van der Waals surface area contributed by atoms with Crippen LogP contribution in [0.25, 0.3) is 0 Å². The molecule has 2 aromatic carbocycles. The van der Waals surface area contributed by atoms with Crippen LogP contribution in [0, 0.1) is 5.82 Å². The molecule has 2 aromatic rings. The molecule has 25 heavy (non-hydrogen) atoms. The minimum atomic E-state index is -0.622. The first-order chi connectivity index (χ1) is 12.1. The van der Waals surface area contributed by atoms with E-state index in [9.17, 15) is 14.0 Å². The fraction of sp³-hybridized carbons (Fsp3) is 0.222. The molecule has 1 aliphatic rings. The molecule has 0 radical (unpaired) electrons. The summed E-state index contributed by atoms with van der Waals surface area (Å²) in [6.07, 6.45) is 0.615. The van der Waals surface area contributed by atoms with Crippen molar-refractivity contribution in [2.24, 2.45) is 0 Å². The molecule has 1 aliphatic heterocycles. The number of nitrogens with one attached hydrogen (secondary N) is 2. The molecular formula is C18H17FN2O4. The molecule has 0 atom stereocenters. The van der Waals surface area contributed by atoms with Crippen molar-refractivity contribution in [1.82, 2.24) is 10.6 Å². The Kier molecular flexibility index (Phi) is 5.13. The van der Waals surface area contributed by atoms with Gasteiger partial charge >= 0.3 is 0 Å². The normalized spacial score (nSPS) is 11.9. The first-order valence-corrected chi connectivity index (χ1v) is 7.81. The van der Waals surface area contributed by atoms with Gasteiger partial charge in [-0.15, -0.1) is 0 Å². The van der Waals surface area contributed by atoms with Crippen LogP contribution in [0.15, 0.2) is 42.5 Å². The van der Waals surface area contributed by atoms with E-state index in [-0.39, 0.29) is 24.8 Å². The quantitative estimate of drug-likeness (QED) is 0.835. The summed E-state index contributed by atoms with van der Waals surface area (Å²) in [7, 11) is 0. The summed E-state index contributed by atoms with van der Waals surface area (Å²) in [6.45, 7) is 0.416. The van der Waals surface area contributed by atoms with Crippen LogP contribution in [0.4, 0.5) is 4.39 Å². The maximum Gasteiger partial charge on any atom is 0.254 e. The largest absolute Gasteiger partial charge is 0.454 e. The van der Waals surface area contributed by atoms with E-state index >= 15 is 0 Å². The summed E-state index contributed by atoms with van der Waals surface area (Å²) in [6, 6.07) is 11.2. The Balaban J connectivity index is 1.41. The average Bonchev–Trinajstić information content (AvgIpc) is 3.08. The molecule has 1 heterocycles. The van der Waals surface area contributed by atoms with Crippen molar-refractivity contribution >= 4 is 11.8 Å². The van der Waals surface area contributed by atoms with Gasteiger partial charge in [0, 0.05) is 6.54 Å². The standard InChI is InChI=1S/C18H17FN2O4/c19-14-4-2-1-3-13(14)18(23)21-10-17(22)20-8-7-12-5-6-15-16(9-12)25-11-24-15/h1-6,9H,7-8,10-11H2,(H,20,22)(H,21,23). The number of amides is 2. The van der Waals surface area contributed by atoms with Crippen LogP contribution in [-0.4, -0.2) is 31.7 Å². The lowest BCUT2D eigenvalue weighted by molar-refractivity contribution is -0.120. The Morgan fingerprint density at radius 2 is 1.84 bits per heavy atom. The predicted molar refractivity (Wildman–Crippen MR) is 88.0 cm³/mol. The number of hydrogen-bond acceptors (Lipinski definition) is 4. The van der Waals surface area contributed by atoms with Gasteiger partial charge in [-0.1, -0.05) is 18.2 Å². The van der Waals surface area contributed by atoms with Crippen molar-refractivity contribution in [2.45, 2.75) is 6.42 Å². The second-order valence-corrected chi connectivity index (χ2v) is 5.45. The highest BCUT2D eigenvalue weighted by Crippen LogP contribution is 2.32. The third-order valence-electron chi connectivity index (χ3n) is 3.70. The number of ether oxygens (including phenoxy) is 2. The van der Waals surface area contributed by atoms with E-state index in [2.05, 4.69) is 10.6 Å². The molecule has 0 fully saturated rings. The second-order valence-electron chi connectivity index (χ2n) is 5.45. The lowest BCUT2D eigenvalue weighted by atomic mass is 10.1. The minimum absolute atomic E-state index is 0.0874. The van der Waals surface area contributed by atoms with Gasteiger partial charge in [0.15, 0.2) is 11.5 Å². The lowest BCUT2D eigenvalue weighted by Crippen LogP contribution is -2.37.